The smallest absolute Gasteiger partial charge is 0.253 e. The first-order valence-electron chi connectivity index (χ1n) is 15.4. The SMILES string of the molecule is C=CCN(C(=O)[C@H]1[C@H]2C(=O)N([C@@H](CO)C(C)C)C(C(=O)N(CC=C)c3ccccc3Cl)C23CC[C@]1(CC)O3)c1ccccc1. The summed E-state index contributed by atoms with van der Waals surface area (Å²) in [5.41, 5.74) is -0.995. The van der Waals surface area contributed by atoms with Gasteiger partial charge in [0.2, 0.25) is 11.8 Å². The van der Waals surface area contributed by atoms with Crippen LogP contribution in [0.5, 0.6) is 0 Å². The van der Waals surface area contributed by atoms with Gasteiger partial charge in [-0.05, 0) is 49.4 Å². The second-order valence-electron chi connectivity index (χ2n) is 12.3. The summed E-state index contributed by atoms with van der Waals surface area (Å²) in [6.45, 7) is 13.6. The number of aliphatic hydroxyl groups excluding tert-OH is 1. The molecule has 3 amide bonds. The van der Waals surface area contributed by atoms with Gasteiger partial charge in [-0.25, -0.2) is 0 Å². The van der Waals surface area contributed by atoms with Crippen molar-refractivity contribution in [2.24, 2.45) is 17.8 Å². The Balaban J connectivity index is 1.67. The molecule has 0 saturated carbocycles. The maximum Gasteiger partial charge on any atom is 0.253 e. The third-order valence-electron chi connectivity index (χ3n) is 9.80. The number of hydrogen-bond donors (Lipinski definition) is 1. The quantitative estimate of drug-likeness (QED) is 0.328. The first-order valence-corrected chi connectivity index (χ1v) is 15.8. The maximum absolute atomic E-state index is 14.9. The molecule has 9 heteroatoms. The lowest BCUT2D eigenvalue weighted by molar-refractivity contribution is -0.150. The number of nitrogens with zero attached hydrogens (tertiary/aromatic N) is 3. The summed E-state index contributed by atoms with van der Waals surface area (Å²) in [5.74, 6) is -2.85. The highest BCUT2D eigenvalue weighted by Crippen LogP contribution is 2.65. The van der Waals surface area contributed by atoms with Crippen LogP contribution < -0.4 is 9.80 Å². The van der Waals surface area contributed by atoms with E-state index in [0.29, 0.717) is 35.7 Å². The van der Waals surface area contributed by atoms with Gasteiger partial charge in [-0.2, -0.15) is 0 Å². The number of likely N-dealkylation sites (tertiary alicyclic amines) is 1. The molecule has 2 aromatic carbocycles. The van der Waals surface area contributed by atoms with Crippen LogP contribution in [0.15, 0.2) is 79.9 Å². The first kappa shape index (κ1) is 31.9. The van der Waals surface area contributed by atoms with Gasteiger partial charge in [-0.15, -0.1) is 13.2 Å². The molecule has 3 aliphatic rings. The van der Waals surface area contributed by atoms with Crippen molar-refractivity contribution in [2.45, 2.75) is 63.3 Å². The van der Waals surface area contributed by atoms with Crippen LogP contribution in [0.4, 0.5) is 11.4 Å². The second kappa shape index (κ2) is 12.5. The van der Waals surface area contributed by atoms with Crippen LogP contribution in [-0.2, 0) is 19.1 Å². The monoisotopic (exact) mass is 619 g/mol. The number of halogens is 1. The Bertz CT molecular complexity index is 1430. The molecule has 0 radical (unpaired) electrons. The van der Waals surface area contributed by atoms with Crippen molar-refractivity contribution in [2.75, 3.05) is 29.5 Å². The predicted octanol–water partition coefficient (Wildman–Crippen LogP) is 5.25. The van der Waals surface area contributed by atoms with E-state index in [9.17, 15) is 19.5 Å². The van der Waals surface area contributed by atoms with Gasteiger partial charge in [0.05, 0.1) is 40.8 Å². The first-order chi connectivity index (χ1) is 21.1. The Kier molecular flexibility index (Phi) is 9.08. The molecule has 2 aromatic rings. The Hall–Kier alpha value is -3.46. The number of hydrogen-bond acceptors (Lipinski definition) is 5. The lowest BCUT2D eigenvalue weighted by Gasteiger charge is -2.41. The van der Waals surface area contributed by atoms with Crippen LogP contribution in [0.2, 0.25) is 5.02 Å². The van der Waals surface area contributed by atoms with Crippen LogP contribution in [0.25, 0.3) is 0 Å². The van der Waals surface area contributed by atoms with Gasteiger partial charge in [-0.3, -0.25) is 14.4 Å². The number of anilines is 2. The highest BCUT2D eigenvalue weighted by atomic mass is 35.5. The third-order valence-corrected chi connectivity index (χ3v) is 10.1. The standard InChI is InChI=1S/C35H42ClN3O5/c1-6-20-37(24-14-10-9-11-15-24)31(41)28-29-32(42)39(27(22-40)23(4)5)30(35(29)19-18-34(28,8-3)44-35)33(43)38(21-7-2)26-17-13-12-16-25(26)36/h6-7,9-17,23,27-30,40H,1-2,8,18-22H2,3-5H3/t27-,28+,29-,30?,34-,35?/m0/s1. The molecule has 8 nitrogen and oxygen atoms in total. The van der Waals surface area contributed by atoms with E-state index in [1.807, 2.05) is 51.1 Å². The number of para-hydroxylation sites is 2. The van der Waals surface area contributed by atoms with E-state index >= 15 is 0 Å². The largest absolute Gasteiger partial charge is 0.394 e. The molecule has 5 rings (SSSR count). The fraction of sp³-hybridized carbons (Fsp3) is 0.457. The number of carbonyl (C=O) groups is 3. The molecule has 0 aliphatic carbocycles. The van der Waals surface area contributed by atoms with Crippen LogP contribution in [0.1, 0.15) is 40.0 Å². The van der Waals surface area contributed by atoms with Crippen molar-refractivity contribution in [3.05, 3.63) is 84.9 Å². The predicted molar refractivity (Wildman–Crippen MR) is 172 cm³/mol. The molecular weight excluding hydrogens is 578 g/mol. The lowest BCUT2D eigenvalue weighted by atomic mass is 9.64. The molecule has 2 bridgehead atoms. The average Bonchev–Trinajstić information content (AvgIpc) is 3.63. The Morgan fingerprint density at radius 3 is 2.27 bits per heavy atom. The Labute approximate surface area is 264 Å². The van der Waals surface area contributed by atoms with E-state index in [1.165, 1.54) is 9.80 Å². The van der Waals surface area contributed by atoms with E-state index in [0.717, 1.165) is 0 Å². The minimum Gasteiger partial charge on any atom is -0.394 e. The molecule has 2 unspecified atom stereocenters. The van der Waals surface area contributed by atoms with Crippen molar-refractivity contribution >= 4 is 40.7 Å². The van der Waals surface area contributed by atoms with Gasteiger partial charge in [0, 0.05) is 18.8 Å². The Morgan fingerprint density at radius 1 is 1.05 bits per heavy atom. The highest BCUT2D eigenvalue weighted by Gasteiger charge is 2.79. The summed E-state index contributed by atoms with van der Waals surface area (Å²) in [6, 6.07) is 14.6. The van der Waals surface area contributed by atoms with Crippen LogP contribution >= 0.6 is 11.6 Å². The summed E-state index contributed by atoms with van der Waals surface area (Å²) in [4.78, 5) is 49.1. The number of carbonyl (C=O) groups excluding carboxylic acids is 3. The van der Waals surface area contributed by atoms with E-state index in [1.54, 1.807) is 41.3 Å². The maximum atomic E-state index is 14.9. The van der Waals surface area contributed by atoms with Crippen molar-refractivity contribution < 1.29 is 24.2 Å². The molecule has 0 aromatic heterocycles. The van der Waals surface area contributed by atoms with Crippen LogP contribution in [-0.4, -0.2) is 70.7 Å². The Morgan fingerprint density at radius 2 is 1.68 bits per heavy atom. The van der Waals surface area contributed by atoms with Crippen molar-refractivity contribution in [3.63, 3.8) is 0 Å². The van der Waals surface area contributed by atoms with Gasteiger partial charge in [-0.1, -0.05) is 74.9 Å². The molecule has 6 atom stereocenters. The summed E-state index contributed by atoms with van der Waals surface area (Å²) in [7, 11) is 0. The molecule has 3 aliphatic heterocycles. The highest BCUT2D eigenvalue weighted by molar-refractivity contribution is 6.34. The molecule has 234 valence electrons. The molecular formula is C35H42ClN3O5. The minimum atomic E-state index is -1.26. The zero-order valence-corrected chi connectivity index (χ0v) is 26.5. The summed E-state index contributed by atoms with van der Waals surface area (Å²) >= 11 is 6.59. The van der Waals surface area contributed by atoms with Crippen molar-refractivity contribution in [3.8, 4) is 0 Å². The summed E-state index contributed by atoms with van der Waals surface area (Å²) < 4.78 is 7.00. The summed E-state index contributed by atoms with van der Waals surface area (Å²) in [5, 5.41) is 11.0. The zero-order valence-electron chi connectivity index (χ0n) is 25.7. The lowest BCUT2D eigenvalue weighted by Crippen LogP contribution is -2.60. The number of amides is 3. The number of rotatable bonds is 12. The third kappa shape index (κ3) is 4.88. The molecule has 3 heterocycles. The minimum absolute atomic E-state index is 0.149. The van der Waals surface area contributed by atoms with Crippen molar-refractivity contribution in [1.29, 1.82) is 0 Å². The summed E-state index contributed by atoms with van der Waals surface area (Å²) in [6.07, 6.45) is 4.74. The normalized spacial score (nSPS) is 27.7. The number of aliphatic hydroxyl groups is 1. The molecule has 3 saturated heterocycles. The number of fused-ring (bicyclic) bond motifs is 1. The molecule has 1 N–H and O–H groups in total. The second-order valence-corrected chi connectivity index (χ2v) is 12.7. The topological polar surface area (TPSA) is 90.4 Å². The number of ether oxygens (including phenoxy) is 1. The van der Waals surface area contributed by atoms with E-state index in [4.69, 9.17) is 16.3 Å². The van der Waals surface area contributed by atoms with Gasteiger partial charge >= 0.3 is 0 Å². The van der Waals surface area contributed by atoms with E-state index < -0.39 is 35.1 Å². The fourth-order valence-corrected chi connectivity index (χ4v) is 8.01. The zero-order chi connectivity index (χ0) is 31.8. The van der Waals surface area contributed by atoms with Gasteiger partial charge in [0.1, 0.15) is 11.6 Å². The van der Waals surface area contributed by atoms with E-state index in [2.05, 4.69) is 13.2 Å². The van der Waals surface area contributed by atoms with E-state index in [-0.39, 0.29) is 43.3 Å². The molecule has 44 heavy (non-hydrogen) atoms. The van der Waals surface area contributed by atoms with Crippen LogP contribution in [0.3, 0.4) is 0 Å². The number of benzene rings is 2. The molecule has 1 spiro atoms. The average molecular weight is 620 g/mol. The fourth-order valence-electron chi connectivity index (χ4n) is 7.77. The van der Waals surface area contributed by atoms with Gasteiger partial charge < -0.3 is 24.5 Å². The van der Waals surface area contributed by atoms with Crippen molar-refractivity contribution in [1.82, 2.24) is 4.90 Å². The van der Waals surface area contributed by atoms with Crippen LogP contribution in [0, 0.1) is 17.8 Å². The van der Waals surface area contributed by atoms with Gasteiger partial charge in [0.15, 0.2) is 0 Å². The molecule has 3 fully saturated rings. The van der Waals surface area contributed by atoms with Gasteiger partial charge in [0.25, 0.3) is 5.91 Å².